The first-order chi connectivity index (χ1) is 10.9. The smallest absolute Gasteiger partial charge is 0.219 e. The van der Waals surface area contributed by atoms with Gasteiger partial charge in [0.15, 0.2) is 0 Å². The van der Waals surface area contributed by atoms with Crippen molar-refractivity contribution < 1.29 is 14.2 Å². The zero-order valence-electron chi connectivity index (χ0n) is 13.0. The Balaban J connectivity index is 2.41. The molecule has 1 aromatic rings. The normalized spacial score (nSPS) is 14.2. The Kier molecular flexibility index (Phi) is 6.12. The van der Waals surface area contributed by atoms with Crippen LogP contribution in [0.15, 0.2) is 63.1 Å². The number of amides is 2. The molecule has 0 unspecified atom stereocenters. The second kappa shape index (κ2) is 7.88. The molecule has 0 bridgehead atoms. The molecule has 1 aliphatic rings. The van der Waals surface area contributed by atoms with Gasteiger partial charge in [-0.15, -0.1) is 11.8 Å². The maximum absolute atomic E-state index is 11.9. The summed E-state index contributed by atoms with van der Waals surface area (Å²) in [6.07, 6.45) is 3.80. The highest BCUT2D eigenvalue weighted by Gasteiger charge is 2.32. The van der Waals surface area contributed by atoms with Gasteiger partial charge in [0.25, 0.3) is 0 Å². The number of benzene rings is 1. The highest BCUT2D eigenvalue weighted by atomic mass is 127. The van der Waals surface area contributed by atoms with E-state index in [1.54, 1.807) is 11.8 Å². The lowest BCUT2D eigenvalue weighted by Crippen LogP contribution is -2.31. The number of nitrogens with zero attached hydrogens (tertiary/aromatic N) is 1. The molecule has 2 amide bonds. The highest BCUT2D eigenvalue weighted by Crippen LogP contribution is 2.32. The molecule has 5 heteroatoms. The summed E-state index contributed by atoms with van der Waals surface area (Å²) in [5.41, 5.74) is 2.70. The van der Waals surface area contributed by atoms with Crippen LogP contribution in [-0.2, 0) is 15.3 Å². The maximum atomic E-state index is 11.9. The van der Waals surface area contributed by atoms with Crippen LogP contribution in [0.25, 0.3) is 0 Å². The lowest BCUT2D eigenvalue weighted by Gasteiger charge is -2.13. The predicted molar refractivity (Wildman–Crippen MR) is 104 cm³/mol. The molecule has 0 radical (unpaired) electrons. The van der Waals surface area contributed by atoms with E-state index >= 15 is 0 Å². The van der Waals surface area contributed by atoms with Gasteiger partial charge in [-0.2, -0.15) is 0 Å². The van der Waals surface area contributed by atoms with Crippen molar-refractivity contribution in [3.63, 3.8) is 0 Å². The van der Waals surface area contributed by atoms with Gasteiger partial charge in [-0.05, 0) is 45.9 Å². The van der Waals surface area contributed by atoms with Gasteiger partial charge in [-0.3, -0.25) is 0 Å². The number of hydrogen-bond donors (Lipinski definition) is 0. The van der Waals surface area contributed by atoms with Crippen molar-refractivity contribution >= 4 is 51.9 Å². The molecule has 23 heavy (non-hydrogen) atoms. The van der Waals surface area contributed by atoms with Gasteiger partial charge in [0, 0.05) is 5.75 Å². The molecule has 118 valence electrons. The average Bonchev–Trinajstić information content (AvgIpc) is 2.48. The van der Waals surface area contributed by atoms with Crippen molar-refractivity contribution in [2.75, 3.05) is 0 Å². The van der Waals surface area contributed by atoms with Crippen LogP contribution in [0.5, 0.6) is 0 Å². The van der Waals surface area contributed by atoms with Crippen molar-refractivity contribution in [3.05, 3.63) is 68.7 Å². The fraction of sp³-hybridized carbons (Fsp3) is 0.167. The number of thioether (sulfide) groups is 1. The predicted octanol–water partition coefficient (Wildman–Crippen LogP) is 4.24. The van der Waals surface area contributed by atoms with E-state index < -0.39 is 0 Å². The zero-order chi connectivity index (χ0) is 17.0. The molecule has 0 atom stereocenters. The lowest BCUT2D eigenvalue weighted by molar-refractivity contribution is -0.378. The summed E-state index contributed by atoms with van der Waals surface area (Å²) in [6, 6.07) is 10.1. The minimum Gasteiger partial charge on any atom is -0.219 e. The number of hydrogen-bond acceptors (Lipinski definition) is 3. The Morgan fingerprint density at radius 3 is 2.30 bits per heavy atom. The van der Waals surface area contributed by atoms with Crippen LogP contribution in [0, 0.1) is 0 Å². The summed E-state index contributed by atoms with van der Waals surface area (Å²) in [5.74, 6) is 0.194. The quantitative estimate of drug-likeness (QED) is 0.524. The van der Waals surface area contributed by atoms with Gasteiger partial charge in [0.05, 0.1) is 22.3 Å². The highest BCUT2D eigenvalue weighted by molar-refractivity contribution is 14.1. The fourth-order valence-electron chi connectivity index (χ4n) is 2.23. The molecule has 1 aliphatic carbocycles. The Morgan fingerprint density at radius 1 is 1.13 bits per heavy atom. The largest absolute Gasteiger partial charge is 0.392 e. The summed E-state index contributed by atoms with van der Waals surface area (Å²) in [6.45, 7) is 6.79. The minimum absolute atomic E-state index is 0.284. The van der Waals surface area contributed by atoms with Gasteiger partial charge < -0.3 is 0 Å². The van der Waals surface area contributed by atoms with Crippen LogP contribution in [0.4, 0.5) is 0 Å². The molecule has 0 aromatic heterocycles. The maximum Gasteiger partial charge on any atom is 0.392 e. The fourth-order valence-corrected chi connectivity index (χ4v) is 4.43. The van der Waals surface area contributed by atoms with Crippen molar-refractivity contribution in [2.24, 2.45) is 0 Å². The van der Waals surface area contributed by atoms with Crippen LogP contribution in [0.1, 0.15) is 19.4 Å². The summed E-state index contributed by atoms with van der Waals surface area (Å²) in [5, 5.41) is 0. The van der Waals surface area contributed by atoms with E-state index in [0.29, 0.717) is 5.71 Å². The van der Waals surface area contributed by atoms with Crippen molar-refractivity contribution in [1.82, 2.24) is 0 Å². The van der Waals surface area contributed by atoms with Gasteiger partial charge in [0.1, 0.15) is 0 Å². The van der Waals surface area contributed by atoms with Crippen molar-refractivity contribution in [2.45, 2.75) is 19.6 Å². The molecule has 0 saturated heterocycles. The van der Waals surface area contributed by atoms with Gasteiger partial charge in [0.2, 0.25) is 5.71 Å². The second-order valence-electron chi connectivity index (χ2n) is 5.07. The number of carbonyl (C=O) groups is 2. The minimum atomic E-state index is -0.284. The topological polar surface area (TPSA) is 37.1 Å². The number of halogens is 1. The first-order valence-corrected chi connectivity index (χ1v) is 9.10. The van der Waals surface area contributed by atoms with Crippen LogP contribution in [0.3, 0.4) is 0 Å². The Labute approximate surface area is 154 Å². The van der Waals surface area contributed by atoms with E-state index in [1.165, 1.54) is 24.0 Å². The first kappa shape index (κ1) is 17.9. The average molecular weight is 438 g/mol. The molecule has 0 spiro atoms. The Hall–Kier alpha value is -1.47. The van der Waals surface area contributed by atoms with Gasteiger partial charge in [-0.1, -0.05) is 41.5 Å². The summed E-state index contributed by atoms with van der Waals surface area (Å²) < 4.78 is 2.07. The SMILES string of the molecule is C=C1C=C(I)C(=[N+](C(C)=O)C(C)=O)C(SCc2ccccc2)=C1. The van der Waals surface area contributed by atoms with E-state index in [9.17, 15) is 9.59 Å². The summed E-state index contributed by atoms with van der Waals surface area (Å²) in [4.78, 5) is 24.7. The third kappa shape index (κ3) is 4.51. The van der Waals surface area contributed by atoms with E-state index in [4.69, 9.17) is 0 Å². The van der Waals surface area contributed by atoms with Gasteiger partial charge in [-0.25, -0.2) is 9.59 Å². The van der Waals surface area contributed by atoms with Crippen LogP contribution >= 0.6 is 34.4 Å². The Bertz CT molecular complexity index is 744. The van der Waals surface area contributed by atoms with E-state index in [2.05, 4.69) is 41.3 Å². The molecule has 0 saturated carbocycles. The van der Waals surface area contributed by atoms with Crippen molar-refractivity contribution in [1.29, 1.82) is 0 Å². The summed E-state index contributed by atoms with van der Waals surface area (Å²) in [7, 11) is 0. The van der Waals surface area contributed by atoms with Crippen LogP contribution < -0.4 is 0 Å². The third-order valence-electron chi connectivity index (χ3n) is 3.18. The molecular weight excluding hydrogens is 421 g/mol. The molecule has 0 fully saturated rings. The first-order valence-electron chi connectivity index (χ1n) is 7.03. The van der Waals surface area contributed by atoms with Crippen molar-refractivity contribution in [3.8, 4) is 0 Å². The van der Waals surface area contributed by atoms with E-state index in [-0.39, 0.29) is 11.8 Å². The third-order valence-corrected chi connectivity index (χ3v) is 5.10. The number of carbonyl (C=O) groups excluding carboxylic acids is 2. The lowest BCUT2D eigenvalue weighted by atomic mass is 10.1. The molecule has 1 aromatic carbocycles. The molecule has 0 N–H and O–H groups in total. The second-order valence-corrected chi connectivity index (χ2v) is 7.25. The summed E-state index contributed by atoms with van der Waals surface area (Å²) >= 11 is 3.75. The molecule has 3 nitrogen and oxygen atoms in total. The standard InChI is InChI=1S/C18H17INO2S/c1-12-9-16(19)18(20(13(2)21)14(3)22)17(10-12)23-11-15-7-5-4-6-8-15/h4-10H,1,11H2,2-3H3/q+1. The Morgan fingerprint density at radius 2 is 1.74 bits per heavy atom. The molecule has 2 rings (SSSR count). The molecular formula is C18H17INO2S+. The van der Waals surface area contributed by atoms with Crippen LogP contribution in [-0.4, -0.2) is 22.1 Å². The van der Waals surface area contributed by atoms with Crippen LogP contribution in [0.2, 0.25) is 0 Å². The monoisotopic (exact) mass is 438 g/mol. The van der Waals surface area contributed by atoms with E-state index in [1.807, 2.05) is 30.4 Å². The number of rotatable bonds is 3. The number of allylic oxidation sites excluding steroid dienone is 5. The molecule has 0 heterocycles. The number of imide groups is 1. The van der Waals surface area contributed by atoms with E-state index in [0.717, 1.165) is 19.8 Å². The zero-order valence-corrected chi connectivity index (χ0v) is 16.0. The molecule has 0 aliphatic heterocycles. The van der Waals surface area contributed by atoms with Gasteiger partial charge >= 0.3 is 11.8 Å².